The first kappa shape index (κ1) is 17.6. The standard InChI is InChI=1S/C20H30N4O2/c1-21-20(23-12-13-5-3-2-4-6-13)22-9-10-24-18(25)16-14-7-8-15(11-14)17(16)19(24)26/h7-8,13-17H,2-6,9-12H2,1H3,(H2,21,22,23). The normalized spacial score (nSPS) is 33.9. The van der Waals surface area contributed by atoms with Gasteiger partial charge in [-0.1, -0.05) is 31.4 Å². The molecule has 0 radical (unpaired) electrons. The minimum atomic E-state index is -0.0961. The Kier molecular flexibility index (Phi) is 5.00. The minimum Gasteiger partial charge on any atom is -0.356 e. The van der Waals surface area contributed by atoms with Gasteiger partial charge in [0.25, 0.3) is 0 Å². The molecule has 3 fully saturated rings. The minimum absolute atomic E-state index is 0.0313. The van der Waals surface area contributed by atoms with Gasteiger partial charge >= 0.3 is 0 Å². The van der Waals surface area contributed by atoms with Crippen LogP contribution in [0.5, 0.6) is 0 Å². The number of likely N-dealkylation sites (tertiary alicyclic amines) is 1. The molecule has 0 aromatic carbocycles. The summed E-state index contributed by atoms with van der Waals surface area (Å²) >= 11 is 0. The van der Waals surface area contributed by atoms with Gasteiger partial charge in [0.1, 0.15) is 0 Å². The number of amides is 2. The molecule has 2 saturated carbocycles. The first-order chi connectivity index (χ1) is 12.7. The van der Waals surface area contributed by atoms with Crippen LogP contribution in [0.2, 0.25) is 0 Å². The van der Waals surface area contributed by atoms with Gasteiger partial charge in [-0.25, -0.2) is 0 Å². The highest BCUT2D eigenvalue weighted by atomic mass is 16.2. The van der Waals surface area contributed by atoms with E-state index in [1.807, 2.05) is 0 Å². The van der Waals surface area contributed by atoms with Crippen LogP contribution in [-0.2, 0) is 9.59 Å². The van der Waals surface area contributed by atoms with Gasteiger partial charge in [-0.2, -0.15) is 0 Å². The zero-order valence-corrected chi connectivity index (χ0v) is 15.6. The molecule has 2 bridgehead atoms. The lowest BCUT2D eigenvalue weighted by Gasteiger charge is -2.23. The number of allylic oxidation sites excluding steroid dienone is 2. The summed E-state index contributed by atoms with van der Waals surface area (Å²) in [6.07, 6.45) is 11.9. The lowest BCUT2D eigenvalue weighted by molar-refractivity contribution is -0.140. The van der Waals surface area contributed by atoms with E-state index in [2.05, 4.69) is 27.8 Å². The summed E-state index contributed by atoms with van der Waals surface area (Å²) in [5.41, 5.74) is 0. The maximum absolute atomic E-state index is 12.7. The van der Waals surface area contributed by atoms with E-state index in [9.17, 15) is 9.59 Å². The lowest BCUT2D eigenvalue weighted by atomic mass is 9.85. The van der Waals surface area contributed by atoms with Gasteiger partial charge in [0.15, 0.2) is 5.96 Å². The Morgan fingerprint density at radius 3 is 2.35 bits per heavy atom. The predicted octanol–water partition coefficient (Wildman–Crippen LogP) is 1.54. The number of imide groups is 1. The molecule has 1 aliphatic heterocycles. The fourth-order valence-corrected chi connectivity index (χ4v) is 5.32. The molecule has 4 atom stereocenters. The van der Waals surface area contributed by atoms with Crippen LogP contribution in [0.4, 0.5) is 0 Å². The molecular weight excluding hydrogens is 328 g/mol. The van der Waals surface area contributed by atoms with Crippen LogP contribution >= 0.6 is 0 Å². The summed E-state index contributed by atoms with van der Waals surface area (Å²) in [5, 5.41) is 6.65. The number of guanidine groups is 1. The van der Waals surface area contributed by atoms with E-state index in [1.54, 1.807) is 7.05 Å². The van der Waals surface area contributed by atoms with Gasteiger partial charge in [0, 0.05) is 26.7 Å². The van der Waals surface area contributed by atoms with E-state index in [0.717, 1.165) is 24.8 Å². The molecule has 0 aromatic heterocycles. The van der Waals surface area contributed by atoms with Crippen molar-refractivity contribution in [2.24, 2.45) is 34.6 Å². The predicted molar refractivity (Wildman–Crippen MR) is 100 cm³/mol. The maximum Gasteiger partial charge on any atom is 0.233 e. The molecule has 4 unspecified atom stereocenters. The van der Waals surface area contributed by atoms with Crippen LogP contribution in [0.15, 0.2) is 17.1 Å². The van der Waals surface area contributed by atoms with Gasteiger partial charge in [0.05, 0.1) is 11.8 Å². The second-order valence-corrected chi connectivity index (χ2v) is 8.21. The molecule has 4 rings (SSSR count). The highest BCUT2D eigenvalue weighted by Crippen LogP contribution is 2.52. The lowest BCUT2D eigenvalue weighted by Crippen LogP contribution is -2.44. The van der Waals surface area contributed by atoms with E-state index >= 15 is 0 Å². The van der Waals surface area contributed by atoms with Crippen LogP contribution in [0.3, 0.4) is 0 Å². The Morgan fingerprint density at radius 1 is 1.08 bits per heavy atom. The van der Waals surface area contributed by atoms with Crippen LogP contribution in [0, 0.1) is 29.6 Å². The number of hydrogen-bond donors (Lipinski definition) is 2. The molecule has 142 valence electrons. The number of aliphatic imine (C=N–C) groups is 1. The molecule has 0 spiro atoms. The van der Waals surface area contributed by atoms with E-state index in [4.69, 9.17) is 0 Å². The number of fused-ring (bicyclic) bond motifs is 5. The topological polar surface area (TPSA) is 73.8 Å². The first-order valence-electron chi connectivity index (χ1n) is 10.2. The van der Waals surface area contributed by atoms with Gasteiger partial charge < -0.3 is 10.6 Å². The van der Waals surface area contributed by atoms with Crippen molar-refractivity contribution in [2.75, 3.05) is 26.7 Å². The van der Waals surface area contributed by atoms with Gasteiger partial charge in [0.2, 0.25) is 11.8 Å². The fraction of sp³-hybridized carbons (Fsp3) is 0.750. The molecule has 2 amide bonds. The van der Waals surface area contributed by atoms with Crippen molar-refractivity contribution in [3.63, 3.8) is 0 Å². The van der Waals surface area contributed by atoms with Crippen LogP contribution in [-0.4, -0.2) is 49.4 Å². The number of carbonyl (C=O) groups is 2. The molecule has 6 heteroatoms. The second kappa shape index (κ2) is 7.41. The summed E-state index contributed by atoms with van der Waals surface area (Å²) in [6.45, 7) is 1.92. The van der Waals surface area contributed by atoms with Crippen molar-refractivity contribution in [3.8, 4) is 0 Å². The van der Waals surface area contributed by atoms with Gasteiger partial charge in [-0.3, -0.25) is 19.5 Å². The average Bonchev–Trinajstić information content (AvgIpc) is 3.34. The van der Waals surface area contributed by atoms with Crippen LogP contribution in [0.25, 0.3) is 0 Å². The van der Waals surface area contributed by atoms with Crippen molar-refractivity contribution in [3.05, 3.63) is 12.2 Å². The molecular formula is C20H30N4O2. The molecule has 26 heavy (non-hydrogen) atoms. The third-order valence-corrected chi connectivity index (χ3v) is 6.70. The van der Waals surface area contributed by atoms with Crippen molar-refractivity contribution in [1.82, 2.24) is 15.5 Å². The monoisotopic (exact) mass is 358 g/mol. The molecule has 6 nitrogen and oxygen atoms in total. The van der Waals surface area contributed by atoms with Crippen molar-refractivity contribution in [1.29, 1.82) is 0 Å². The van der Waals surface area contributed by atoms with Crippen molar-refractivity contribution >= 4 is 17.8 Å². The Morgan fingerprint density at radius 2 is 1.73 bits per heavy atom. The summed E-state index contributed by atoms with van der Waals surface area (Å²) < 4.78 is 0. The summed E-state index contributed by atoms with van der Waals surface area (Å²) in [5.74, 6) is 1.92. The SMILES string of the molecule is CN=C(NCCN1C(=O)C2C3C=CC(C3)C2C1=O)NCC1CCCCC1. The molecule has 1 heterocycles. The summed E-state index contributed by atoms with van der Waals surface area (Å²) in [7, 11) is 1.76. The number of nitrogens with one attached hydrogen (secondary N) is 2. The van der Waals surface area contributed by atoms with Crippen molar-refractivity contribution in [2.45, 2.75) is 38.5 Å². The number of carbonyl (C=O) groups excluding carboxylic acids is 2. The smallest absolute Gasteiger partial charge is 0.233 e. The van der Waals surface area contributed by atoms with Gasteiger partial charge in [-0.05, 0) is 37.0 Å². The van der Waals surface area contributed by atoms with E-state index in [-0.39, 0.29) is 35.5 Å². The summed E-state index contributed by atoms with van der Waals surface area (Å²) in [6, 6.07) is 0. The first-order valence-corrected chi connectivity index (χ1v) is 10.2. The van der Waals surface area contributed by atoms with Crippen molar-refractivity contribution < 1.29 is 9.59 Å². The van der Waals surface area contributed by atoms with Crippen LogP contribution in [0.1, 0.15) is 38.5 Å². The highest BCUT2D eigenvalue weighted by Gasteiger charge is 2.58. The fourth-order valence-electron chi connectivity index (χ4n) is 5.32. The molecule has 0 aromatic rings. The molecule has 2 N–H and O–H groups in total. The highest BCUT2D eigenvalue weighted by molar-refractivity contribution is 6.06. The quantitative estimate of drug-likeness (QED) is 0.338. The number of rotatable bonds is 5. The Bertz CT molecular complexity index is 593. The molecule has 4 aliphatic rings. The number of nitrogens with zero attached hydrogens (tertiary/aromatic N) is 2. The number of hydrogen-bond acceptors (Lipinski definition) is 3. The average molecular weight is 358 g/mol. The third-order valence-electron chi connectivity index (χ3n) is 6.70. The van der Waals surface area contributed by atoms with E-state index < -0.39 is 0 Å². The second-order valence-electron chi connectivity index (χ2n) is 8.21. The van der Waals surface area contributed by atoms with Crippen LogP contribution < -0.4 is 10.6 Å². The Labute approximate surface area is 155 Å². The Balaban J connectivity index is 1.24. The van der Waals surface area contributed by atoms with E-state index in [1.165, 1.54) is 37.0 Å². The largest absolute Gasteiger partial charge is 0.356 e. The zero-order valence-electron chi connectivity index (χ0n) is 15.6. The zero-order chi connectivity index (χ0) is 18.1. The summed E-state index contributed by atoms with van der Waals surface area (Å²) in [4.78, 5) is 31.1. The van der Waals surface area contributed by atoms with Gasteiger partial charge in [-0.15, -0.1) is 0 Å². The van der Waals surface area contributed by atoms with E-state index in [0.29, 0.717) is 13.1 Å². The maximum atomic E-state index is 12.7. The Hall–Kier alpha value is -1.85. The molecule has 1 saturated heterocycles. The third kappa shape index (κ3) is 3.14. The molecule has 3 aliphatic carbocycles.